The monoisotopic (exact) mass is 379 g/mol. The van der Waals surface area contributed by atoms with Crippen molar-refractivity contribution in [1.29, 1.82) is 0 Å². The first-order valence-electron chi connectivity index (χ1n) is 8.18. The number of benzene rings is 1. The third kappa shape index (κ3) is 3.83. The van der Waals surface area contributed by atoms with Crippen LogP contribution in [0.25, 0.3) is 11.4 Å². The van der Waals surface area contributed by atoms with E-state index in [1.807, 2.05) is 6.92 Å². The van der Waals surface area contributed by atoms with Gasteiger partial charge in [0.15, 0.2) is 12.1 Å². The number of rotatable bonds is 5. The maximum atomic E-state index is 12.8. The maximum absolute atomic E-state index is 12.8. The van der Waals surface area contributed by atoms with Crippen LogP contribution in [0.1, 0.15) is 19.4 Å². The topological polar surface area (TPSA) is 110 Å². The summed E-state index contributed by atoms with van der Waals surface area (Å²) in [5.74, 6) is -0.945. The average molecular weight is 380 g/mol. The summed E-state index contributed by atoms with van der Waals surface area (Å²) in [6, 6.07) is 6.33. The largest absolute Gasteiger partial charge is 0.479 e. The fourth-order valence-corrected chi connectivity index (χ4v) is 2.84. The Morgan fingerprint density at radius 2 is 2.12 bits per heavy atom. The van der Waals surface area contributed by atoms with Crippen LogP contribution in [-0.4, -0.2) is 67.9 Å². The van der Waals surface area contributed by atoms with E-state index in [0.29, 0.717) is 23.8 Å². The summed E-state index contributed by atoms with van der Waals surface area (Å²) in [6.45, 7) is 2.35. The van der Waals surface area contributed by atoms with E-state index in [2.05, 4.69) is 15.4 Å². The SMILES string of the molecule is CCC(C(=O)N1CCOC(C(=O)O)C1)n1nnc(-c2ccc(Cl)cc2)n1. The molecular weight excluding hydrogens is 362 g/mol. The number of tetrazole rings is 1. The quantitative estimate of drug-likeness (QED) is 0.832. The van der Waals surface area contributed by atoms with Gasteiger partial charge in [-0.05, 0) is 35.9 Å². The molecule has 0 spiro atoms. The molecule has 26 heavy (non-hydrogen) atoms. The Balaban J connectivity index is 1.77. The third-order valence-corrected chi connectivity index (χ3v) is 4.39. The highest BCUT2D eigenvalue weighted by atomic mass is 35.5. The number of morpholine rings is 1. The highest BCUT2D eigenvalue weighted by Crippen LogP contribution is 2.20. The number of carbonyl (C=O) groups is 2. The summed E-state index contributed by atoms with van der Waals surface area (Å²) >= 11 is 5.88. The molecule has 0 aliphatic carbocycles. The normalized spacial score (nSPS) is 18.5. The van der Waals surface area contributed by atoms with Crippen molar-refractivity contribution in [3.63, 3.8) is 0 Å². The lowest BCUT2D eigenvalue weighted by Crippen LogP contribution is -2.50. The van der Waals surface area contributed by atoms with Gasteiger partial charge in [-0.15, -0.1) is 10.2 Å². The van der Waals surface area contributed by atoms with Gasteiger partial charge >= 0.3 is 5.97 Å². The first-order chi connectivity index (χ1) is 12.5. The van der Waals surface area contributed by atoms with Crippen LogP contribution in [-0.2, 0) is 14.3 Å². The van der Waals surface area contributed by atoms with Crippen LogP contribution in [0, 0.1) is 0 Å². The Bertz CT molecular complexity index is 794. The van der Waals surface area contributed by atoms with Gasteiger partial charge in [0, 0.05) is 17.1 Å². The Kier molecular flexibility index (Phi) is 5.48. The molecule has 1 saturated heterocycles. The van der Waals surface area contributed by atoms with Gasteiger partial charge in [-0.2, -0.15) is 4.80 Å². The van der Waals surface area contributed by atoms with E-state index in [-0.39, 0.29) is 19.1 Å². The van der Waals surface area contributed by atoms with Gasteiger partial charge in [0.05, 0.1) is 13.2 Å². The first-order valence-corrected chi connectivity index (χ1v) is 8.56. The second-order valence-electron chi connectivity index (χ2n) is 5.85. The molecule has 10 heteroatoms. The lowest BCUT2D eigenvalue weighted by molar-refractivity contribution is -0.160. The number of amides is 1. The van der Waals surface area contributed by atoms with E-state index in [0.717, 1.165) is 5.56 Å². The van der Waals surface area contributed by atoms with E-state index in [4.69, 9.17) is 21.4 Å². The molecule has 0 saturated carbocycles. The Morgan fingerprint density at radius 3 is 2.77 bits per heavy atom. The minimum atomic E-state index is -1.08. The number of halogens is 1. The molecule has 1 aromatic heterocycles. The third-order valence-electron chi connectivity index (χ3n) is 4.13. The summed E-state index contributed by atoms with van der Waals surface area (Å²) < 4.78 is 5.16. The predicted octanol–water partition coefficient (Wildman–Crippen LogP) is 1.26. The van der Waals surface area contributed by atoms with Gasteiger partial charge in [-0.25, -0.2) is 4.79 Å². The zero-order valence-electron chi connectivity index (χ0n) is 14.1. The smallest absolute Gasteiger partial charge is 0.334 e. The average Bonchev–Trinajstić information content (AvgIpc) is 3.12. The molecule has 2 unspecified atom stereocenters. The van der Waals surface area contributed by atoms with Crippen LogP contribution in [0.5, 0.6) is 0 Å². The number of hydrogen-bond acceptors (Lipinski definition) is 6. The molecule has 9 nitrogen and oxygen atoms in total. The number of aromatic nitrogens is 4. The van der Waals surface area contributed by atoms with Crippen molar-refractivity contribution in [1.82, 2.24) is 25.1 Å². The molecule has 1 fully saturated rings. The second-order valence-corrected chi connectivity index (χ2v) is 6.28. The fourth-order valence-electron chi connectivity index (χ4n) is 2.72. The highest BCUT2D eigenvalue weighted by Gasteiger charge is 2.33. The Morgan fingerprint density at radius 1 is 1.38 bits per heavy atom. The molecule has 1 aromatic carbocycles. The molecule has 3 rings (SSSR count). The van der Waals surface area contributed by atoms with Crippen molar-refractivity contribution in [2.45, 2.75) is 25.5 Å². The molecular formula is C16H18ClN5O4. The zero-order chi connectivity index (χ0) is 18.7. The molecule has 1 N–H and O–H groups in total. The van der Waals surface area contributed by atoms with Gasteiger partial charge in [0.2, 0.25) is 11.7 Å². The summed E-state index contributed by atoms with van der Waals surface area (Å²) in [5, 5.41) is 22.0. The van der Waals surface area contributed by atoms with Crippen LogP contribution in [0.15, 0.2) is 24.3 Å². The van der Waals surface area contributed by atoms with E-state index >= 15 is 0 Å². The number of carboxylic acids is 1. The fraction of sp³-hybridized carbons (Fsp3) is 0.438. The Hall–Kier alpha value is -2.52. The maximum Gasteiger partial charge on any atom is 0.334 e. The standard InChI is InChI=1S/C16H18ClN5O4/c1-2-12(15(23)21-7-8-26-13(9-21)16(24)25)22-19-14(18-20-22)10-3-5-11(17)6-4-10/h3-6,12-13H,2,7-9H2,1H3,(H,24,25). The summed E-state index contributed by atoms with van der Waals surface area (Å²) in [7, 11) is 0. The zero-order valence-corrected chi connectivity index (χ0v) is 14.8. The molecule has 2 atom stereocenters. The van der Waals surface area contributed by atoms with Gasteiger partial charge in [0.1, 0.15) is 0 Å². The summed E-state index contributed by atoms with van der Waals surface area (Å²) in [6.07, 6.45) is -0.566. The molecule has 1 aliphatic heterocycles. The van der Waals surface area contributed by atoms with Crippen molar-refractivity contribution in [2.75, 3.05) is 19.7 Å². The molecule has 2 aromatic rings. The van der Waals surface area contributed by atoms with Crippen LogP contribution in [0.3, 0.4) is 0 Å². The molecule has 1 aliphatic rings. The lowest BCUT2D eigenvalue weighted by Gasteiger charge is -2.32. The van der Waals surface area contributed by atoms with Gasteiger partial charge < -0.3 is 14.7 Å². The minimum absolute atomic E-state index is 0.00338. The number of hydrogen-bond donors (Lipinski definition) is 1. The molecule has 138 valence electrons. The van der Waals surface area contributed by atoms with Crippen molar-refractivity contribution in [3.8, 4) is 11.4 Å². The van der Waals surface area contributed by atoms with Gasteiger partial charge in [-0.1, -0.05) is 18.5 Å². The number of carboxylic acid groups (broad SMARTS) is 1. The second kappa shape index (κ2) is 7.79. The van der Waals surface area contributed by atoms with Crippen LogP contribution >= 0.6 is 11.6 Å². The number of aliphatic carboxylic acids is 1. The highest BCUT2D eigenvalue weighted by molar-refractivity contribution is 6.30. The summed E-state index contributed by atoms with van der Waals surface area (Å²) in [5.41, 5.74) is 0.736. The molecule has 2 heterocycles. The lowest BCUT2D eigenvalue weighted by atomic mass is 10.1. The number of ether oxygens (including phenoxy) is 1. The van der Waals surface area contributed by atoms with Crippen molar-refractivity contribution in [3.05, 3.63) is 29.3 Å². The predicted molar refractivity (Wildman–Crippen MR) is 91.5 cm³/mol. The molecule has 0 radical (unpaired) electrons. The van der Waals surface area contributed by atoms with Crippen LogP contribution in [0.4, 0.5) is 0 Å². The molecule has 1 amide bonds. The van der Waals surface area contributed by atoms with Crippen molar-refractivity contribution in [2.24, 2.45) is 0 Å². The summed E-state index contributed by atoms with van der Waals surface area (Å²) in [4.78, 5) is 26.7. The Labute approximate surface area is 154 Å². The van der Waals surface area contributed by atoms with E-state index in [1.54, 1.807) is 24.3 Å². The van der Waals surface area contributed by atoms with Crippen LogP contribution in [0.2, 0.25) is 5.02 Å². The van der Waals surface area contributed by atoms with E-state index < -0.39 is 18.1 Å². The van der Waals surface area contributed by atoms with Gasteiger partial charge in [0.25, 0.3) is 0 Å². The van der Waals surface area contributed by atoms with E-state index in [1.165, 1.54) is 9.70 Å². The van der Waals surface area contributed by atoms with E-state index in [9.17, 15) is 9.59 Å². The van der Waals surface area contributed by atoms with Gasteiger partial charge in [-0.3, -0.25) is 4.79 Å². The van der Waals surface area contributed by atoms with Crippen LogP contribution < -0.4 is 0 Å². The minimum Gasteiger partial charge on any atom is -0.479 e. The number of carbonyl (C=O) groups excluding carboxylic acids is 1. The first kappa shape index (κ1) is 18.3. The molecule has 0 bridgehead atoms. The van der Waals surface area contributed by atoms with Crippen molar-refractivity contribution < 1.29 is 19.4 Å². The van der Waals surface area contributed by atoms with Crippen molar-refractivity contribution >= 4 is 23.5 Å². The number of nitrogens with zero attached hydrogens (tertiary/aromatic N) is 5.